The molecule has 0 aromatic carbocycles. The molecule has 0 aromatic rings. The maximum atomic E-state index is 2.52. The molecule has 0 unspecified atom stereocenters. The van der Waals surface area contributed by atoms with Gasteiger partial charge in [0.05, 0.1) is 25.7 Å². The number of hydrogen-bond acceptors (Lipinski definition) is 0. The highest BCUT2D eigenvalue weighted by molar-refractivity contribution is 4.82. The highest BCUT2D eigenvalue weighted by atomic mass is 127. The van der Waals surface area contributed by atoms with Gasteiger partial charge in [0, 0.05) is 12.8 Å². The summed E-state index contributed by atoms with van der Waals surface area (Å²) in [7, 11) is 2.48. The largest absolute Gasteiger partial charge is 1.00 e. The Hall–Kier alpha value is 0.690. The Morgan fingerprint density at radius 2 is 1.38 bits per heavy atom. The molecule has 2 aliphatic heterocycles. The molecule has 0 bridgehead atoms. The minimum absolute atomic E-state index is 0. The third-order valence-electron chi connectivity index (χ3n) is 4.54. The van der Waals surface area contributed by atoms with Crippen LogP contribution in [0.5, 0.6) is 0 Å². The van der Waals surface area contributed by atoms with E-state index >= 15 is 0 Å². The molecule has 0 radical (unpaired) electrons. The van der Waals surface area contributed by atoms with Crippen LogP contribution in [0.3, 0.4) is 0 Å². The van der Waals surface area contributed by atoms with Crippen LogP contribution in [0.4, 0.5) is 0 Å². The van der Waals surface area contributed by atoms with E-state index in [-0.39, 0.29) is 24.0 Å². The summed E-state index contributed by atoms with van der Waals surface area (Å²) in [6, 6.07) is 0. The van der Waals surface area contributed by atoms with E-state index in [0.717, 1.165) is 0 Å². The summed E-state index contributed by atoms with van der Waals surface area (Å²) in [5, 5.41) is 0. The van der Waals surface area contributed by atoms with Crippen molar-refractivity contribution < 1.29 is 28.5 Å². The zero-order chi connectivity index (χ0) is 8.66. The fraction of sp³-hybridized carbons (Fsp3) is 1.00. The molecule has 2 fully saturated rings. The van der Waals surface area contributed by atoms with Crippen LogP contribution in [0.25, 0.3) is 0 Å². The van der Waals surface area contributed by atoms with Crippen molar-refractivity contribution in [2.75, 3.05) is 20.1 Å². The number of fused-ring (bicyclic) bond motifs is 1. The van der Waals surface area contributed by atoms with Crippen molar-refractivity contribution in [3.8, 4) is 0 Å². The maximum absolute atomic E-state index is 2.52. The van der Waals surface area contributed by atoms with Gasteiger partial charge in [-0.3, -0.25) is 0 Å². The first-order valence-electron chi connectivity index (χ1n) is 5.51. The van der Waals surface area contributed by atoms with Gasteiger partial charge < -0.3 is 28.5 Å². The van der Waals surface area contributed by atoms with Crippen molar-refractivity contribution in [1.29, 1.82) is 0 Å². The van der Waals surface area contributed by atoms with Gasteiger partial charge in [0.25, 0.3) is 0 Å². The summed E-state index contributed by atoms with van der Waals surface area (Å²) in [4.78, 5) is 0. The SMILES string of the molecule is CC12CCCC[N+]1(C)CCCC2.[I-]. The molecule has 2 rings (SSSR count). The van der Waals surface area contributed by atoms with E-state index in [1.165, 1.54) is 56.1 Å². The van der Waals surface area contributed by atoms with Crippen LogP contribution in [-0.4, -0.2) is 30.2 Å². The number of piperidine rings is 2. The average Bonchev–Trinajstić information content (AvgIpc) is 2.05. The first kappa shape index (κ1) is 11.8. The Bertz CT molecular complexity index is 147. The van der Waals surface area contributed by atoms with Crippen LogP contribution in [0.2, 0.25) is 0 Å². The van der Waals surface area contributed by atoms with Gasteiger partial charge in [-0.05, 0) is 32.6 Å². The topological polar surface area (TPSA) is 0 Å². The van der Waals surface area contributed by atoms with Crippen molar-refractivity contribution in [2.45, 2.75) is 51.0 Å². The van der Waals surface area contributed by atoms with E-state index in [1.54, 1.807) is 0 Å². The first-order chi connectivity index (χ1) is 5.66. The Balaban J connectivity index is 0.000000845. The second-order valence-electron chi connectivity index (χ2n) is 5.25. The lowest BCUT2D eigenvalue weighted by molar-refractivity contribution is -0.967. The van der Waals surface area contributed by atoms with E-state index in [9.17, 15) is 0 Å². The van der Waals surface area contributed by atoms with Crippen molar-refractivity contribution in [3.63, 3.8) is 0 Å². The van der Waals surface area contributed by atoms with E-state index in [1.807, 2.05) is 0 Å². The predicted octanol–water partition coefficient (Wildman–Crippen LogP) is -0.436. The van der Waals surface area contributed by atoms with Crippen molar-refractivity contribution in [1.82, 2.24) is 0 Å². The molecule has 2 heteroatoms. The monoisotopic (exact) mass is 295 g/mol. The van der Waals surface area contributed by atoms with E-state index in [2.05, 4.69) is 14.0 Å². The minimum Gasteiger partial charge on any atom is -1.00 e. The Morgan fingerprint density at radius 1 is 0.923 bits per heavy atom. The minimum atomic E-state index is 0. The third-order valence-corrected chi connectivity index (χ3v) is 4.54. The fourth-order valence-electron chi connectivity index (χ4n) is 3.25. The standard InChI is InChI=1S/C11H22N.HI/c1-11-7-3-5-9-12(11,2)10-6-4-8-11;/h3-10H2,1-2H3;1H/q+1;/p-1. The van der Waals surface area contributed by atoms with Crippen molar-refractivity contribution in [3.05, 3.63) is 0 Å². The normalized spacial score (nSPS) is 44.8. The lowest BCUT2D eigenvalue weighted by Gasteiger charge is -2.55. The quantitative estimate of drug-likeness (QED) is 0.420. The van der Waals surface area contributed by atoms with Gasteiger partial charge in [-0.25, -0.2) is 0 Å². The van der Waals surface area contributed by atoms with Gasteiger partial charge >= 0.3 is 0 Å². The molecule has 0 spiro atoms. The highest BCUT2D eigenvalue weighted by Gasteiger charge is 2.47. The molecule has 0 amide bonds. The molecule has 13 heavy (non-hydrogen) atoms. The summed E-state index contributed by atoms with van der Waals surface area (Å²) < 4.78 is 1.38. The van der Waals surface area contributed by atoms with E-state index < -0.39 is 0 Å². The molecule has 1 nitrogen and oxygen atoms in total. The summed E-state index contributed by atoms with van der Waals surface area (Å²) in [6.07, 6.45) is 8.83. The second kappa shape index (κ2) is 4.05. The predicted molar refractivity (Wildman–Crippen MR) is 52.0 cm³/mol. The highest BCUT2D eigenvalue weighted by Crippen LogP contribution is 2.40. The van der Waals surface area contributed by atoms with Gasteiger partial charge in [-0.15, -0.1) is 0 Å². The van der Waals surface area contributed by atoms with Gasteiger partial charge in [0.15, 0.2) is 0 Å². The van der Waals surface area contributed by atoms with Gasteiger partial charge in [0.2, 0.25) is 0 Å². The molecule has 0 N–H and O–H groups in total. The molecule has 2 saturated heterocycles. The molecular formula is C11H22IN. The molecule has 0 aromatic heterocycles. The summed E-state index contributed by atoms with van der Waals surface area (Å²) in [6.45, 7) is 5.40. The smallest absolute Gasteiger partial charge is 0.0962 e. The average molecular weight is 295 g/mol. The Labute approximate surface area is 99.5 Å². The van der Waals surface area contributed by atoms with Crippen LogP contribution in [0, 0.1) is 0 Å². The van der Waals surface area contributed by atoms with Crippen LogP contribution in [0.1, 0.15) is 45.4 Å². The van der Waals surface area contributed by atoms with Crippen LogP contribution >= 0.6 is 0 Å². The van der Waals surface area contributed by atoms with Gasteiger partial charge in [0.1, 0.15) is 0 Å². The Morgan fingerprint density at radius 3 is 1.77 bits per heavy atom. The molecule has 0 atom stereocenters. The third kappa shape index (κ3) is 1.89. The molecule has 0 aliphatic carbocycles. The van der Waals surface area contributed by atoms with E-state index in [0.29, 0.717) is 5.54 Å². The number of rotatable bonds is 0. The summed E-state index contributed by atoms with van der Waals surface area (Å²) in [5.74, 6) is 0. The van der Waals surface area contributed by atoms with Gasteiger partial charge in [-0.2, -0.15) is 0 Å². The zero-order valence-electron chi connectivity index (χ0n) is 8.98. The molecular weight excluding hydrogens is 273 g/mol. The molecule has 2 aliphatic rings. The lowest BCUT2D eigenvalue weighted by atomic mass is 9.78. The number of quaternary nitrogens is 1. The summed E-state index contributed by atoms with van der Waals surface area (Å²) in [5.41, 5.74) is 0.649. The van der Waals surface area contributed by atoms with Crippen LogP contribution < -0.4 is 24.0 Å². The van der Waals surface area contributed by atoms with E-state index in [4.69, 9.17) is 0 Å². The van der Waals surface area contributed by atoms with Crippen LogP contribution in [-0.2, 0) is 0 Å². The number of nitrogens with zero attached hydrogens (tertiary/aromatic N) is 1. The lowest BCUT2D eigenvalue weighted by Crippen LogP contribution is -3.00. The van der Waals surface area contributed by atoms with Gasteiger partial charge in [-0.1, -0.05) is 0 Å². The van der Waals surface area contributed by atoms with Crippen LogP contribution in [0.15, 0.2) is 0 Å². The fourth-order valence-corrected chi connectivity index (χ4v) is 3.25. The van der Waals surface area contributed by atoms with Crippen molar-refractivity contribution in [2.24, 2.45) is 0 Å². The molecule has 78 valence electrons. The number of hydrogen-bond donors (Lipinski definition) is 0. The second-order valence-corrected chi connectivity index (χ2v) is 5.25. The molecule has 2 heterocycles. The molecule has 0 saturated carbocycles. The first-order valence-corrected chi connectivity index (χ1v) is 5.51. The maximum Gasteiger partial charge on any atom is 0.0962 e. The number of halogens is 1. The van der Waals surface area contributed by atoms with Crippen molar-refractivity contribution >= 4 is 0 Å². The summed E-state index contributed by atoms with van der Waals surface area (Å²) >= 11 is 0. The zero-order valence-corrected chi connectivity index (χ0v) is 11.1. The Kier molecular flexibility index (Phi) is 3.67.